The molecule has 8 heteroatoms. The summed E-state index contributed by atoms with van der Waals surface area (Å²) in [6, 6.07) is 19.6. The monoisotopic (exact) mass is 463 g/mol. The molecule has 1 N–H and O–H groups in total. The summed E-state index contributed by atoms with van der Waals surface area (Å²) in [6.07, 6.45) is 0. The maximum atomic E-state index is 12.5. The van der Waals surface area contributed by atoms with Crippen LogP contribution in [0.15, 0.2) is 66.7 Å². The van der Waals surface area contributed by atoms with Gasteiger partial charge in [0.05, 0.1) is 18.7 Å². The van der Waals surface area contributed by atoms with Gasteiger partial charge >= 0.3 is 5.97 Å². The van der Waals surface area contributed by atoms with Crippen molar-refractivity contribution in [2.45, 2.75) is 19.6 Å². The van der Waals surface area contributed by atoms with Gasteiger partial charge in [-0.15, -0.1) is 0 Å². The quantitative estimate of drug-likeness (QED) is 0.479. The first-order valence-electron chi connectivity index (χ1n) is 10.7. The predicted molar refractivity (Wildman–Crippen MR) is 123 cm³/mol. The molecule has 0 radical (unpaired) electrons. The zero-order valence-electron chi connectivity index (χ0n) is 18.9. The summed E-state index contributed by atoms with van der Waals surface area (Å²) in [5.41, 5.74) is 2.11. The van der Waals surface area contributed by atoms with Gasteiger partial charge in [-0.1, -0.05) is 36.4 Å². The number of carbonyl (C=O) groups excluding carboxylic acids is 2. The number of methoxy groups -OCH3 is 1. The SMILES string of the molecule is COc1cc(C(=O)OCC(=O)NC(C)c2ccc3c(c2)OCO3)ccc1OCc1ccccc1. The van der Waals surface area contributed by atoms with Crippen LogP contribution >= 0.6 is 0 Å². The van der Waals surface area contributed by atoms with Crippen molar-refractivity contribution in [3.8, 4) is 23.0 Å². The van der Waals surface area contributed by atoms with Crippen molar-refractivity contribution >= 4 is 11.9 Å². The Morgan fingerprint density at radius 1 is 0.971 bits per heavy atom. The average Bonchev–Trinajstić information content (AvgIpc) is 3.34. The highest BCUT2D eigenvalue weighted by atomic mass is 16.7. The number of fused-ring (bicyclic) bond motifs is 1. The van der Waals surface area contributed by atoms with Crippen LogP contribution in [0.25, 0.3) is 0 Å². The topological polar surface area (TPSA) is 92.3 Å². The Labute approximate surface area is 197 Å². The van der Waals surface area contributed by atoms with E-state index in [1.54, 1.807) is 18.2 Å². The van der Waals surface area contributed by atoms with Gasteiger partial charge in [-0.25, -0.2) is 4.79 Å². The fraction of sp³-hybridized carbons (Fsp3) is 0.231. The van der Waals surface area contributed by atoms with Crippen LogP contribution in [-0.2, 0) is 16.1 Å². The van der Waals surface area contributed by atoms with E-state index >= 15 is 0 Å². The van der Waals surface area contributed by atoms with Gasteiger partial charge < -0.3 is 29.0 Å². The lowest BCUT2D eigenvalue weighted by Gasteiger charge is -2.15. The number of rotatable bonds is 9. The maximum absolute atomic E-state index is 12.5. The number of hydrogen-bond acceptors (Lipinski definition) is 7. The van der Waals surface area contributed by atoms with E-state index in [1.165, 1.54) is 13.2 Å². The number of esters is 1. The third kappa shape index (κ3) is 5.58. The molecule has 176 valence electrons. The second kappa shape index (κ2) is 10.6. The van der Waals surface area contributed by atoms with E-state index in [2.05, 4.69) is 5.32 Å². The minimum Gasteiger partial charge on any atom is -0.493 e. The molecule has 1 heterocycles. The van der Waals surface area contributed by atoms with Crippen LogP contribution < -0.4 is 24.3 Å². The molecule has 8 nitrogen and oxygen atoms in total. The minimum atomic E-state index is -0.640. The van der Waals surface area contributed by atoms with Crippen LogP contribution in [0.3, 0.4) is 0 Å². The Balaban J connectivity index is 1.30. The summed E-state index contributed by atoms with van der Waals surface area (Å²) in [4.78, 5) is 24.8. The Bertz CT molecular complexity index is 1160. The van der Waals surface area contributed by atoms with Crippen molar-refractivity contribution in [3.05, 3.63) is 83.4 Å². The van der Waals surface area contributed by atoms with E-state index in [0.29, 0.717) is 29.6 Å². The summed E-state index contributed by atoms with van der Waals surface area (Å²) >= 11 is 0. The first-order chi connectivity index (χ1) is 16.5. The van der Waals surface area contributed by atoms with Crippen LogP contribution in [0, 0.1) is 0 Å². The highest BCUT2D eigenvalue weighted by Gasteiger charge is 2.18. The van der Waals surface area contributed by atoms with Crippen LogP contribution in [0.4, 0.5) is 0 Å². The van der Waals surface area contributed by atoms with Gasteiger partial charge in [0, 0.05) is 0 Å². The van der Waals surface area contributed by atoms with E-state index < -0.39 is 18.5 Å². The van der Waals surface area contributed by atoms with E-state index in [-0.39, 0.29) is 18.4 Å². The zero-order valence-corrected chi connectivity index (χ0v) is 18.9. The lowest BCUT2D eigenvalue weighted by molar-refractivity contribution is -0.124. The van der Waals surface area contributed by atoms with Crippen molar-refractivity contribution in [1.82, 2.24) is 5.32 Å². The zero-order chi connectivity index (χ0) is 23.9. The first kappa shape index (κ1) is 23.0. The lowest BCUT2D eigenvalue weighted by atomic mass is 10.1. The first-order valence-corrected chi connectivity index (χ1v) is 10.7. The van der Waals surface area contributed by atoms with Gasteiger partial charge in [-0.2, -0.15) is 0 Å². The van der Waals surface area contributed by atoms with Crippen molar-refractivity contribution in [2.24, 2.45) is 0 Å². The number of carbonyl (C=O) groups is 2. The third-order valence-corrected chi connectivity index (χ3v) is 5.24. The minimum absolute atomic E-state index is 0.181. The molecule has 1 amide bonds. The van der Waals surface area contributed by atoms with Gasteiger partial charge in [0.1, 0.15) is 6.61 Å². The Morgan fingerprint density at radius 2 is 1.76 bits per heavy atom. The Morgan fingerprint density at radius 3 is 2.56 bits per heavy atom. The van der Waals surface area contributed by atoms with Gasteiger partial charge in [0.15, 0.2) is 29.6 Å². The smallest absolute Gasteiger partial charge is 0.338 e. The molecule has 0 fully saturated rings. The van der Waals surface area contributed by atoms with Crippen LogP contribution in [-0.4, -0.2) is 32.4 Å². The largest absolute Gasteiger partial charge is 0.493 e. The van der Waals surface area contributed by atoms with E-state index in [9.17, 15) is 9.59 Å². The molecule has 1 aliphatic heterocycles. The third-order valence-electron chi connectivity index (χ3n) is 5.24. The average molecular weight is 463 g/mol. The van der Waals surface area contributed by atoms with Gasteiger partial charge in [-0.3, -0.25) is 4.79 Å². The number of amides is 1. The van der Waals surface area contributed by atoms with Gasteiger partial charge in [0.25, 0.3) is 5.91 Å². The molecule has 1 aliphatic rings. The molecule has 0 saturated carbocycles. The molecular weight excluding hydrogens is 438 g/mol. The summed E-state index contributed by atoms with van der Waals surface area (Å²) in [6.45, 7) is 1.96. The second-order valence-electron chi connectivity index (χ2n) is 7.62. The van der Waals surface area contributed by atoms with Crippen molar-refractivity contribution < 1.29 is 33.3 Å². The lowest BCUT2D eigenvalue weighted by Crippen LogP contribution is -2.31. The summed E-state index contributed by atoms with van der Waals surface area (Å²) in [7, 11) is 1.49. The molecule has 0 aliphatic carbocycles. The summed E-state index contributed by atoms with van der Waals surface area (Å²) in [5.74, 6) is 1.13. The molecule has 4 rings (SSSR count). The summed E-state index contributed by atoms with van der Waals surface area (Å²) < 4.78 is 27.0. The molecule has 3 aromatic rings. The standard InChI is InChI=1S/C26H25NO7/c1-17(19-8-10-22-24(12-19)34-16-33-22)27-25(28)15-32-26(29)20-9-11-21(23(13-20)30-2)31-14-18-6-4-3-5-7-18/h3-13,17H,14-16H2,1-2H3,(H,27,28). The highest BCUT2D eigenvalue weighted by Crippen LogP contribution is 2.34. The van der Waals surface area contributed by atoms with Gasteiger partial charge in [0.2, 0.25) is 6.79 Å². The molecular formula is C26H25NO7. The fourth-order valence-electron chi connectivity index (χ4n) is 3.41. The number of ether oxygens (including phenoxy) is 5. The fourth-order valence-corrected chi connectivity index (χ4v) is 3.41. The normalized spacial score (nSPS) is 12.5. The van der Waals surface area contributed by atoms with Crippen molar-refractivity contribution in [3.63, 3.8) is 0 Å². The Hall–Kier alpha value is -4.20. The molecule has 0 bridgehead atoms. The molecule has 0 aromatic heterocycles. The van der Waals surface area contributed by atoms with Crippen molar-refractivity contribution in [2.75, 3.05) is 20.5 Å². The van der Waals surface area contributed by atoms with Crippen molar-refractivity contribution in [1.29, 1.82) is 0 Å². The number of hydrogen-bond donors (Lipinski definition) is 1. The Kier molecular flexibility index (Phi) is 7.17. The molecule has 34 heavy (non-hydrogen) atoms. The summed E-state index contributed by atoms with van der Waals surface area (Å²) in [5, 5.41) is 2.80. The van der Waals surface area contributed by atoms with Crippen LogP contribution in [0.5, 0.6) is 23.0 Å². The van der Waals surface area contributed by atoms with Crippen LogP contribution in [0.1, 0.15) is 34.5 Å². The highest BCUT2D eigenvalue weighted by molar-refractivity contribution is 5.92. The van der Waals surface area contributed by atoms with Gasteiger partial charge in [-0.05, 0) is 48.4 Å². The molecule has 0 saturated heterocycles. The second-order valence-corrected chi connectivity index (χ2v) is 7.62. The molecule has 1 unspecified atom stereocenters. The van der Waals surface area contributed by atoms with E-state index in [0.717, 1.165) is 11.1 Å². The van der Waals surface area contributed by atoms with E-state index in [1.807, 2.05) is 49.4 Å². The molecule has 3 aromatic carbocycles. The number of nitrogens with one attached hydrogen (secondary N) is 1. The predicted octanol–water partition coefficient (Wildman–Crippen LogP) is 4.04. The number of benzene rings is 3. The maximum Gasteiger partial charge on any atom is 0.338 e. The van der Waals surface area contributed by atoms with Crippen LogP contribution in [0.2, 0.25) is 0 Å². The molecule has 1 atom stereocenters. The van der Waals surface area contributed by atoms with E-state index in [4.69, 9.17) is 23.7 Å². The molecule has 0 spiro atoms.